The van der Waals surface area contributed by atoms with Crippen LogP contribution in [0.1, 0.15) is 0 Å². The van der Waals surface area contributed by atoms with E-state index in [1.54, 1.807) is 18.6 Å². The second kappa shape index (κ2) is 6.82. The van der Waals surface area contributed by atoms with Gasteiger partial charge in [-0.05, 0) is 30.3 Å². The second-order valence-corrected chi connectivity index (χ2v) is 7.50. The highest BCUT2D eigenvalue weighted by Gasteiger charge is 2.16. The summed E-state index contributed by atoms with van der Waals surface area (Å²) in [4.78, 5) is 22.2. The minimum Gasteiger partial charge on any atom is -0.408 e. The molecule has 0 aliphatic rings. The molecule has 0 amide bonds. The van der Waals surface area contributed by atoms with Gasteiger partial charge in [-0.3, -0.25) is 9.97 Å². The summed E-state index contributed by atoms with van der Waals surface area (Å²) in [5.74, 6) is 0.0295. The van der Waals surface area contributed by atoms with Crippen LogP contribution in [0.2, 0.25) is 0 Å². The van der Waals surface area contributed by atoms with Crippen molar-refractivity contribution in [2.24, 2.45) is 0 Å². The van der Waals surface area contributed by atoms with E-state index in [0.29, 0.717) is 29.2 Å². The number of H-pyrrole nitrogens is 1. The van der Waals surface area contributed by atoms with E-state index in [-0.39, 0.29) is 11.4 Å². The maximum Gasteiger partial charge on any atom is 0.417 e. The number of oxazole rings is 1. The lowest BCUT2D eigenvalue weighted by Crippen LogP contribution is -2.27. The fourth-order valence-corrected chi connectivity index (χ4v) is 3.75. The van der Waals surface area contributed by atoms with Crippen molar-refractivity contribution in [1.82, 2.24) is 24.2 Å². The molecule has 1 aromatic carbocycles. The third kappa shape index (κ3) is 3.52. The van der Waals surface area contributed by atoms with Crippen molar-refractivity contribution in [3.63, 3.8) is 0 Å². The Hall–Kier alpha value is -3.24. The molecule has 0 unspecified atom stereocenters. The molecular formula is C17H15N5O4S. The first-order valence-electron chi connectivity index (χ1n) is 8.08. The first-order valence-corrected chi connectivity index (χ1v) is 9.56. The first-order chi connectivity index (χ1) is 13.0. The molecule has 4 aromatic rings. The normalized spacial score (nSPS) is 11.9. The molecule has 0 saturated heterocycles. The Labute approximate surface area is 153 Å². The molecule has 138 valence electrons. The number of imidazole rings is 1. The third-order valence-electron chi connectivity index (χ3n) is 3.95. The van der Waals surface area contributed by atoms with Crippen LogP contribution in [0, 0.1) is 0 Å². The number of nitrogens with zero attached hydrogens (tertiary/aromatic N) is 3. The summed E-state index contributed by atoms with van der Waals surface area (Å²) in [6.45, 7) is 0.550. The SMILES string of the molecule is O=c1[nH]c2cc(S(=O)(=O)NCCn3ccnc3-c3ccccn3)ccc2o1. The van der Waals surface area contributed by atoms with Crippen LogP contribution in [0.15, 0.2) is 69.1 Å². The van der Waals surface area contributed by atoms with Crippen LogP contribution in [-0.2, 0) is 16.6 Å². The average Bonchev–Trinajstić information content (AvgIpc) is 3.27. The molecular weight excluding hydrogens is 370 g/mol. The summed E-state index contributed by atoms with van der Waals surface area (Å²) in [5, 5.41) is 0. The Morgan fingerprint density at radius 2 is 2.04 bits per heavy atom. The van der Waals surface area contributed by atoms with Crippen LogP contribution < -0.4 is 10.5 Å². The fourth-order valence-electron chi connectivity index (χ4n) is 2.70. The van der Waals surface area contributed by atoms with E-state index >= 15 is 0 Å². The number of nitrogens with one attached hydrogen (secondary N) is 2. The molecule has 3 aromatic heterocycles. The Morgan fingerprint density at radius 1 is 1.15 bits per heavy atom. The summed E-state index contributed by atoms with van der Waals surface area (Å²) in [7, 11) is -3.74. The fraction of sp³-hybridized carbons (Fsp3) is 0.118. The minimum atomic E-state index is -3.74. The van der Waals surface area contributed by atoms with Crippen molar-refractivity contribution < 1.29 is 12.8 Å². The molecule has 4 rings (SSSR count). The second-order valence-electron chi connectivity index (χ2n) is 5.73. The number of benzene rings is 1. The molecule has 3 heterocycles. The van der Waals surface area contributed by atoms with E-state index < -0.39 is 15.8 Å². The van der Waals surface area contributed by atoms with Crippen LogP contribution in [0.5, 0.6) is 0 Å². The van der Waals surface area contributed by atoms with Crippen LogP contribution in [0.25, 0.3) is 22.6 Å². The Bertz CT molecular complexity index is 1240. The van der Waals surface area contributed by atoms with Gasteiger partial charge >= 0.3 is 5.76 Å². The highest BCUT2D eigenvalue weighted by Crippen LogP contribution is 2.17. The van der Waals surface area contributed by atoms with Gasteiger partial charge in [0.1, 0.15) is 5.69 Å². The van der Waals surface area contributed by atoms with Gasteiger partial charge in [-0.15, -0.1) is 0 Å². The lowest BCUT2D eigenvalue weighted by Gasteiger charge is -2.09. The molecule has 0 atom stereocenters. The number of rotatable bonds is 6. The van der Waals surface area contributed by atoms with Gasteiger partial charge in [-0.1, -0.05) is 6.07 Å². The Morgan fingerprint density at radius 3 is 2.85 bits per heavy atom. The topological polar surface area (TPSA) is 123 Å². The number of aromatic amines is 1. The van der Waals surface area contributed by atoms with Crippen LogP contribution in [0.4, 0.5) is 0 Å². The number of hydrogen-bond donors (Lipinski definition) is 2. The predicted octanol–water partition coefficient (Wildman–Crippen LogP) is 1.36. The molecule has 10 heteroatoms. The maximum absolute atomic E-state index is 12.5. The number of aromatic nitrogens is 4. The first kappa shape index (κ1) is 17.2. The van der Waals surface area contributed by atoms with Crippen LogP contribution >= 0.6 is 0 Å². The van der Waals surface area contributed by atoms with Gasteiger partial charge in [0, 0.05) is 31.7 Å². The van der Waals surface area contributed by atoms with Crippen LogP contribution in [-0.4, -0.2) is 34.5 Å². The van der Waals surface area contributed by atoms with Crippen molar-refractivity contribution >= 4 is 21.1 Å². The van der Waals surface area contributed by atoms with Crippen molar-refractivity contribution in [1.29, 1.82) is 0 Å². The Kier molecular flexibility index (Phi) is 4.34. The Balaban J connectivity index is 1.48. The largest absolute Gasteiger partial charge is 0.417 e. The van der Waals surface area contributed by atoms with Gasteiger partial charge in [0.15, 0.2) is 11.4 Å². The molecule has 2 N–H and O–H groups in total. The number of pyridine rings is 1. The van der Waals surface area contributed by atoms with Crippen molar-refractivity contribution in [3.8, 4) is 11.5 Å². The summed E-state index contributed by atoms with van der Waals surface area (Å²) in [6.07, 6.45) is 5.08. The van der Waals surface area contributed by atoms with Gasteiger partial charge < -0.3 is 8.98 Å². The monoisotopic (exact) mass is 385 g/mol. The van der Waals surface area contributed by atoms with E-state index in [4.69, 9.17) is 4.42 Å². The summed E-state index contributed by atoms with van der Waals surface area (Å²) in [6, 6.07) is 9.70. The molecule has 0 radical (unpaired) electrons. The van der Waals surface area contributed by atoms with Gasteiger partial charge in [0.2, 0.25) is 10.0 Å². The standard InChI is InChI=1S/C17H15N5O4S/c23-17-21-14-11-12(4-5-15(14)26-17)27(24,25)20-8-10-22-9-7-19-16(22)13-3-1-2-6-18-13/h1-7,9,11,20H,8,10H2,(H,21,23). The number of hydrogen-bond acceptors (Lipinski definition) is 6. The van der Waals surface area contributed by atoms with Gasteiger partial charge in [-0.25, -0.2) is 22.9 Å². The van der Waals surface area contributed by atoms with E-state index in [2.05, 4.69) is 19.7 Å². The summed E-state index contributed by atoms with van der Waals surface area (Å²) >= 11 is 0. The van der Waals surface area contributed by atoms with E-state index in [9.17, 15) is 13.2 Å². The summed E-state index contributed by atoms with van der Waals surface area (Å²) < 4.78 is 34.2. The van der Waals surface area contributed by atoms with E-state index in [0.717, 1.165) is 0 Å². The maximum atomic E-state index is 12.5. The number of sulfonamides is 1. The lowest BCUT2D eigenvalue weighted by molar-refractivity contribution is 0.555. The van der Waals surface area contributed by atoms with Gasteiger partial charge in [-0.2, -0.15) is 0 Å². The van der Waals surface area contributed by atoms with Crippen molar-refractivity contribution in [3.05, 3.63) is 65.5 Å². The zero-order valence-electron chi connectivity index (χ0n) is 14.0. The molecule has 9 nitrogen and oxygen atoms in total. The highest BCUT2D eigenvalue weighted by molar-refractivity contribution is 7.89. The molecule has 0 spiro atoms. The smallest absolute Gasteiger partial charge is 0.408 e. The van der Waals surface area contributed by atoms with E-state index in [1.807, 2.05) is 22.8 Å². The quantitative estimate of drug-likeness (QED) is 0.517. The molecule has 0 aliphatic carbocycles. The van der Waals surface area contributed by atoms with Crippen molar-refractivity contribution in [2.45, 2.75) is 11.4 Å². The van der Waals surface area contributed by atoms with Crippen LogP contribution in [0.3, 0.4) is 0 Å². The highest BCUT2D eigenvalue weighted by atomic mass is 32.2. The summed E-state index contributed by atoms with van der Waals surface area (Å²) in [5.41, 5.74) is 1.34. The third-order valence-corrected chi connectivity index (χ3v) is 5.41. The lowest BCUT2D eigenvalue weighted by atomic mass is 10.3. The number of fused-ring (bicyclic) bond motifs is 1. The zero-order valence-corrected chi connectivity index (χ0v) is 14.8. The zero-order chi connectivity index (χ0) is 18.9. The average molecular weight is 385 g/mol. The molecule has 27 heavy (non-hydrogen) atoms. The minimum absolute atomic E-state index is 0.0441. The van der Waals surface area contributed by atoms with E-state index in [1.165, 1.54) is 18.2 Å². The molecule has 0 fully saturated rings. The molecule has 0 saturated carbocycles. The van der Waals surface area contributed by atoms with Crippen molar-refractivity contribution in [2.75, 3.05) is 6.54 Å². The molecule has 0 aliphatic heterocycles. The van der Waals surface area contributed by atoms with Gasteiger partial charge in [0.25, 0.3) is 0 Å². The van der Waals surface area contributed by atoms with Gasteiger partial charge in [0.05, 0.1) is 10.4 Å². The molecule has 0 bridgehead atoms. The predicted molar refractivity (Wildman–Crippen MR) is 97.5 cm³/mol.